The number of hydrogen-bond acceptors (Lipinski definition) is 5. The van der Waals surface area contributed by atoms with Crippen LogP contribution in [0.2, 0.25) is 0 Å². The molecule has 2 amide bonds. The fourth-order valence-electron chi connectivity index (χ4n) is 3.26. The molecular weight excluding hydrogens is 346 g/mol. The number of hydrogen-bond donors (Lipinski definition) is 1. The van der Waals surface area contributed by atoms with Gasteiger partial charge in [0.2, 0.25) is 5.91 Å². The van der Waals surface area contributed by atoms with E-state index in [1.165, 1.54) is 0 Å². The maximum atomic E-state index is 12.6. The molecule has 150 valence electrons. The Morgan fingerprint density at radius 2 is 2.15 bits per heavy atom. The Morgan fingerprint density at radius 3 is 2.78 bits per heavy atom. The molecule has 1 aliphatic heterocycles. The molecule has 1 N–H and O–H groups in total. The van der Waals surface area contributed by atoms with E-state index < -0.39 is 0 Å². The molecule has 27 heavy (non-hydrogen) atoms. The minimum Gasteiger partial charge on any atom is -0.489 e. The zero-order valence-electron chi connectivity index (χ0n) is 16.9. The summed E-state index contributed by atoms with van der Waals surface area (Å²) in [6.45, 7) is 8.09. The van der Waals surface area contributed by atoms with Crippen LogP contribution in [-0.4, -0.2) is 69.3 Å². The summed E-state index contributed by atoms with van der Waals surface area (Å²) in [5, 5.41) is 2.82. The molecule has 2 rings (SSSR count). The Morgan fingerprint density at radius 1 is 1.41 bits per heavy atom. The van der Waals surface area contributed by atoms with E-state index in [1.807, 2.05) is 49.8 Å². The highest BCUT2D eigenvalue weighted by molar-refractivity contribution is 5.95. The Hall–Kier alpha value is -2.28. The summed E-state index contributed by atoms with van der Waals surface area (Å²) in [7, 11) is 3.54. The lowest BCUT2D eigenvalue weighted by atomic mass is 10.1. The van der Waals surface area contributed by atoms with Crippen LogP contribution >= 0.6 is 0 Å². The van der Waals surface area contributed by atoms with Gasteiger partial charge in [-0.25, -0.2) is 0 Å². The van der Waals surface area contributed by atoms with Gasteiger partial charge in [-0.15, -0.1) is 0 Å². The standard InChI is InChI=1S/C20H31N3O4/c1-6-23(14(2)3)19(24)12-16-13-27-18-8-7-15(11-17(18)22(16)4)20(25)21-9-10-26-5/h7-8,11,14,16H,6,9-10,12-13H2,1-5H3,(H,21,25)/t16-/m1/s1. The van der Waals surface area contributed by atoms with E-state index >= 15 is 0 Å². The van der Waals surface area contributed by atoms with E-state index in [4.69, 9.17) is 9.47 Å². The third-order valence-electron chi connectivity index (χ3n) is 4.87. The van der Waals surface area contributed by atoms with Crippen LogP contribution in [0.25, 0.3) is 0 Å². The van der Waals surface area contributed by atoms with Crippen molar-refractivity contribution in [2.45, 2.75) is 39.3 Å². The summed E-state index contributed by atoms with van der Waals surface area (Å²) in [5.74, 6) is 0.689. The molecule has 1 atom stereocenters. The van der Waals surface area contributed by atoms with Crippen LogP contribution in [-0.2, 0) is 9.53 Å². The maximum Gasteiger partial charge on any atom is 0.251 e. The predicted molar refractivity (Wildman–Crippen MR) is 105 cm³/mol. The molecule has 1 aromatic carbocycles. The van der Waals surface area contributed by atoms with Crippen LogP contribution in [0.5, 0.6) is 5.75 Å². The number of nitrogens with zero attached hydrogens (tertiary/aromatic N) is 2. The second kappa shape index (κ2) is 9.60. The Bertz CT molecular complexity index is 663. The smallest absolute Gasteiger partial charge is 0.251 e. The lowest BCUT2D eigenvalue weighted by Crippen LogP contribution is -2.46. The Balaban J connectivity index is 2.10. The lowest BCUT2D eigenvalue weighted by molar-refractivity contribution is -0.133. The molecule has 0 aliphatic carbocycles. The molecular formula is C20H31N3O4. The van der Waals surface area contributed by atoms with Crippen molar-refractivity contribution in [2.75, 3.05) is 45.4 Å². The summed E-state index contributed by atoms with van der Waals surface area (Å²) < 4.78 is 10.8. The van der Waals surface area contributed by atoms with Crippen molar-refractivity contribution >= 4 is 17.5 Å². The van der Waals surface area contributed by atoms with Gasteiger partial charge in [0.25, 0.3) is 5.91 Å². The van der Waals surface area contributed by atoms with Crippen molar-refractivity contribution < 1.29 is 19.1 Å². The van der Waals surface area contributed by atoms with Gasteiger partial charge in [0, 0.05) is 38.9 Å². The number of likely N-dealkylation sites (N-methyl/N-ethyl adjacent to an activating group) is 1. The van der Waals surface area contributed by atoms with Gasteiger partial charge in [0.05, 0.1) is 24.8 Å². The molecule has 0 aromatic heterocycles. The van der Waals surface area contributed by atoms with Crippen LogP contribution in [0, 0.1) is 0 Å². The van der Waals surface area contributed by atoms with Crippen LogP contribution in [0.15, 0.2) is 18.2 Å². The third kappa shape index (κ3) is 5.13. The van der Waals surface area contributed by atoms with Crippen LogP contribution < -0.4 is 15.0 Å². The molecule has 7 heteroatoms. The number of rotatable bonds is 8. The highest BCUT2D eigenvalue weighted by Gasteiger charge is 2.29. The van der Waals surface area contributed by atoms with E-state index in [2.05, 4.69) is 5.32 Å². The first-order valence-electron chi connectivity index (χ1n) is 9.45. The number of amides is 2. The first-order chi connectivity index (χ1) is 12.9. The third-order valence-corrected chi connectivity index (χ3v) is 4.87. The SMILES string of the molecule is CCN(C(=O)C[C@@H]1COc2ccc(C(=O)NCCOC)cc2N1C)C(C)C. The second-order valence-corrected chi connectivity index (χ2v) is 6.98. The maximum absolute atomic E-state index is 12.6. The minimum atomic E-state index is -0.154. The average Bonchev–Trinajstić information content (AvgIpc) is 2.64. The average molecular weight is 377 g/mol. The zero-order chi connectivity index (χ0) is 20.0. The quantitative estimate of drug-likeness (QED) is 0.701. The number of carbonyl (C=O) groups is 2. The summed E-state index contributed by atoms with van der Waals surface area (Å²) in [6.07, 6.45) is 0.381. The van der Waals surface area contributed by atoms with Gasteiger partial charge in [-0.1, -0.05) is 0 Å². The lowest BCUT2D eigenvalue weighted by Gasteiger charge is -2.37. The molecule has 0 saturated heterocycles. The van der Waals surface area contributed by atoms with Gasteiger partial charge >= 0.3 is 0 Å². The Labute approximate surface area is 161 Å². The summed E-state index contributed by atoms with van der Waals surface area (Å²) in [6, 6.07) is 5.48. The van der Waals surface area contributed by atoms with Crippen LogP contribution in [0.4, 0.5) is 5.69 Å². The van der Waals surface area contributed by atoms with Crippen molar-refractivity contribution in [3.63, 3.8) is 0 Å². The number of anilines is 1. The molecule has 0 spiro atoms. The van der Waals surface area contributed by atoms with Crippen molar-refractivity contribution in [3.8, 4) is 5.75 Å². The van der Waals surface area contributed by atoms with Crippen molar-refractivity contribution in [1.82, 2.24) is 10.2 Å². The molecule has 0 radical (unpaired) electrons. The van der Waals surface area contributed by atoms with Gasteiger partial charge in [0.1, 0.15) is 12.4 Å². The van der Waals surface area contributed by atoms with Crippen molar-refractivity contribution in [2.24, 2.45) is 0 Å². The molecule has 0 saturated carbocycles. The van der Waals surface area contributed by atoms with E-state index in [-0.39, 0.29) is 23.9 Å². The van der Waals surface area contributed by atoms with Crippen LogP contribution in [0.1, 0.15) is 37.6 Å². The molecule has 1 heterocycles. The predicted octanol–water partition coefficient (Wildman–Crippen LogP) is 1.91. The molecule has 0 unspecified atom stereocenters. The number of fused-ring (bicyclic) bond motifs is 1. The molecule has 0 fully saturated rings. The number of ether oxygens (including phenoxy) is 2. The van der Waals surface area contributed by atoms with Gasteiger partial charge in [-0.2, -0.15) is 0 Å². The molecule has 1 aromatic rings. The molecule has 7 nitrogen and oxygen atoms in total. The van der Waals surface area contributed by atoms with Crippen LogP contribution in [0.3, 0.4) is 0 Å². The van der Waals surface area contributed by atoms with Crippen molar-refractivity contribution in [1.29, 1.82) is 0 Å². The van der Waals surface area contributed by atoms with Gasteiger partial charge in [0.15, 0.2) is 0 Å². The second-order valence-electron chi connectivity index (χ2n) is 6.98. The van der Waals surface area contributed by atoms with Crippen molar-refractivity contribution in [3.05, 3.63) is 23.8 Å². The van der Waals surface area contributed by atoms with E-state index in [0.717, 1.165) is 11.4 Å². The summed E-state index contributed by atoms with van der Waals surface area (Å²) >= 11 is 0. The fraction of sp³-hybridized carbons (Fsp3) is 0.600. The van der Waals surface area contributed by atoms with Gasteiger partial charge < -0.3 is 24.6 Å². The molecule has 1 aliphatic rings. The van der Waals surface area contributed by atoms with E-state index in [1.54, 1.807) is 13.2 Å². The first-order valence-corrected chi connectivity index (χ1v) is 9.45. The minimum absolute atomic E-state index is 0.0652. The largest absolute Gasteiger partial charge is 0.489 e. The number of nitrogens with one attached hydrogen (secondary N) is 1. The monoisotopic (exact) mass is 377 g/mol. The van der Waals surface area contributed by atoms with E-state index in [0.29, 0.717) is 38.3 Å². The fourth-order valence-corrected chi connectivity index (χ4v) is 3.26. The highest BCUT2D eigenvalue weighted by Crippen LogP contribution is 2.34. The number of methoxy groups -OCH3 is 1. The molecule has 0 bridgehead atoms. The number of benzene rings is 1. The van der Waals surface area contributed by atoms with E-state index in [9.17, 15) is 9.59 Å². The Kier molecular flexibility index (Phi) is 7.47. The summed E-state index contributed by atoms with van der Waals surface area (Å²) in [4.78, 5) is 28.8. The first kappa shape index (κ1) is 21.0. The summed E-state index contributed by atoms with van der Waals surface area (Å²) in [5.41, 5.74) is 1.38. The zero-order valence-corrected chi connectivity index (χ0v) is 16.9. The van der Waals surface area contributed by atoms with Gasteiger partial charge in [-0.05, 0) is 39.0 Å². The number of carbonyl (C=O) groups excluding carboxylic acids is 2. The topological polar surface area (TPSA) is 71.1 Å². The van der Waals surface area contributed by atoms with Gasteiger partial charge in [-0.3, -0.25) is 9.59 Å². The normalized spacial score (nSPS) is 15.9. The highest BCUT2D eigenvalue weighted by atomic mass is 16.5.